The van der Waals surface area contributed by atoms with Gasteiger partial charge in [-0.1, -0.05) is 18.2 Å². The van der Waals surface area contributed by atoms with Gasteiger partial charge in [0.05, 0.1) is 24.3 Å². The average molecular weight is 502 g/mol. The Morgan fingerprint density at radius 2 is 1.81 bits per heavy atom. The van der Waals surface area contributed by atoms with E-state index in [1.54, 1.807) is 11.0 Å². The van der Waals surface area contributed by atoms with Gasteiger partial charge in [-0.25, -0.2) is 18.7 Å². The lowest BCUT2D eigenvalue weighted by molar-refractivity contribution is -0.137. The van der Waals surface area contributed by atoms with E-state index >= 15 is 0 Å². The molecule has 0 saturated carbocycles. The Morgan fingerprint density at radius 1 is 1.03 bits per heavy atom. The molecule has 0 bridgehead atoms. The monoisotopic (exact) mass is 502 g/mol. The standard InChI is InChI=1S/C25H23F5N6/c1-16(21(11-36-15-31-14-32-36)20-7-6-19(26)10-22(20)27)34-8-9-35-12-23(33-24(35)13-34)17-2-4-18(5-3-17)25(28,29)30/h2-7,10,12,14-16,21H,8-9,11,13H2,1H3. The van der Waals surface area contributed by atoms with Crippen molar-refractivity contribution in [3.63, 3.8) is 0 Å². The lowest BCUT2D eigenvalue weighted by Crippen LogP contribution is -2.43. The second-order valence-corrected chi connectivity index (χ2v) is 8.91. The van der Waals surface area contributed by atoms with Crippen LogP contribution in [0, 0.1) is 11.6 Å². The third kappa shape index (κ3) is 4.88. The zero-order valence-electron chi connectivity index (χ0n) is 19.3. The minimum Gasteiger partial charge on any atom is -0.332 e. The zero-order valence-corrected chi connectivity index (χ0v) is 19.3. The van der Waals surface area contributed by atoms with Gasteiger partial charge in [0.2, 0.25) is 0 Å². The number of imidazole rings is 1. The number of halogens is 5. The SMILES string of the molecule is CC(C(Cn1cncn1)c1ccc(F)cc1F)N1CCn2cc(-c3ccc(C(F)(F)F)cc3)nc2C1. The van der Waals surface area contributed by atoms with Gasteiger partial charge in [0.1, 0.15) is 30.1 Å². The highest BCUT2D eigenvalue weighted by atomic mass is 19.4. The molecule has 0 N–H and O–H groups in total. The maximum Gasteiger partial charge on any atom is 0.416 e. The molecule has 2 aromatic heterocycles. The van der Waals surface area contributed by atoms with Crippen LogP contribution in [0.15, 0.2) is 61.3 Å². The molecule has 3 heterocycles. The zero-order chi connectivity index (χ0) is 25.4. The van der Waals surface area contributed by atoms with Gasteiger partial charge < -0.3 is 4.57 Å². The highest BCUT2D eigenvalue weighted by Gasteiger charge is 2.32. The average Bonchev–Trinajstić information content (AvgIpc) is 3.51. The summed E-state index contributed by atoms with van der Waals surface area (Å²) >= 11 is 0. The molecular formula is C25H23F5N6. The molecule has 2 aromatic carbocycles. The van der Waals surface area contributed by atoms with E-state index in [0.717, 1.165) is 24.0 Å². The molecule has 0 amide bonds. The Bertz CT molecular complexity index is 1330. The molecule has 0 aliphatic carbocycles. The van der Waals surface area contributed by atoms with E-state index in [9.17, 15) is 22.0 Å². The van der Waals surface area contributed by atoms with E-state index in [1.165, 1.54) is 30.6 Å². The molecule has 0 radical (unpaired) electrons. The smallest absolute Gasteiger partial charge is 0.332 e. The second kappa shape index (κ2) is 9.45. The van der Waals surface area contributed by atoms with Gasteiger partial charge >= 0.3 is 6.18 Å². The molecule has 1 aliphatic rings. The number of nitrogens with zero attached hydrogens (tertiary/aromatic N) is 6. The highest BCUT2D eigenvalue weighted by Crippen LogP contribution is 2.33. The van der Waals surface area contributed by atoms with Gasteiger partial charge in [-0.15, -0.1) is 0 Å². The summed E-state index contributed by atoms with van der Waals surface area (Å²) < 4.78 is 70.7. The van der Waals surface area contributed by atoms with Crippen LogP contribution >= 0.6 is 0 Å². The van der Waals surface area contributed by atoms with Gasteiger partial charge in [-0.2, -0.15) is 18.3 Å². The van der Waals surface area contributed by atoms with E-state index in [0.29, 0.717) is 43.0 Å². The Morgan fingerprint density at radius 3 is 2.47 bits per heavy atom. The lowest BCUT2D eigenvalue weighted by Gasteiger charge is -2.37. The van der Waals surface area contributed by atoms with Crippen LogP contribution in [-0.4, -0.2) is 41.8 Å². The van der Waals surface area contributed by atoms with Crippen LogP contribution in [0.4, 0.5) is 22.0 Å². The predicted molar refractivity (Wildman–Crippen MR) is 122 cm³/mol. The van der Waals surface area contributed by atoms with Crippen molar-refractivity contribution >= 4 is 0 Å². The maximum absolute atomic E-state index is 14.8. The fraction of sp³-hybridized carbons (Fsp3) is 0.320. The van der Waals surface area contributed by atoms with Crippen molar-refractivity contribution < 1.29 is 22.0 Å². The van der Waals surface area contributed by atoms with Crippen LogP contribution in [0.3, 0.4) is 0 Å². The van der Waals surface area contributed by atoms with Crippen molar-refractivity contribution in [2.75, 3.05) is 6.54 Å². The summed E-state index contributed by atoms with van der Waals surface area (Å²) in [6.45, 7) is 4.09. The topological polar surface area (TPSA) is 51.8 Å². The maximum atomic E-state index is 14.8. The minimum absolute atomic E-state index is 0.158. The molecule has 5 rings (SSSR count). The quantitative estimate of drug-likeness (QED) is 0.343. The van der Waals surface area contributed by atoms with E-state index in [4.69, 9.17) is 0 Å². The minimum atomic E-state index is -4.39. The fourth-order valence-electron chi connectivity index (χ4n) is 4.68. The summed E-state index contributed by atoms with van der Waals surface area (Å²) in [4.78, 5) is 10.8. The first kappa shape index (κ1) is 24.1. The summed E-state index contributed by atoms with van der Waals surface area (Å²) in [5.74, 6) is -0.834. The number of hydrogen-bond acceptors (Lipinski definition) is 4. The molecule has 4 aromatic rings. The third-order valence-electron chi connectivity index (χ3n) is 6.71. The van der Waals surface area contributed by atoms with Crippen LogP contribution in [0.25, 0.3) is 11.3 Å². The first-order valence-electron chi connectivity index (χ1n) is 11.4. The van der Waals surface area contributed by atoms with Crippen LogP contribution in [-0.2, 0) is 25.8 Å². The molecule has 0 spiro atoms. The van der Waals surface area contributed by atoms with Crippen molar-refractivity contribution in [2.45, 2.75) is 44.7 Å². The Labute approximate surface area is 204 Å². The van der Waals surface area contributed by atoms with E-state index in [1.807, 2.05) is 17.7 Å². The largest absolute Gasteiger partial charge is 0.416 e. The first-order chi connectivity index (χ1) is 17.2. The van der Waals surface area contributed by atoms with Crippen molar-refractivity contribution in [3.05, 3.63) is 89.9 Å². The normalized spacial score (nSPS) is 16.1. The van der Waals surface area contributed by atoms with Crippen molar-refractivity contribution in [1.29, 1.82) is 0 Å². The molecule has 188 valence electrons. The third-order valence-corrected chi connectivity index (χ3v) is 6.71. The second-order valence-electron chi connectivity index (χ2n) is 8.91. The van der Waals surface area contributed by atoms with E-state index in [-0.39, 0.29) is 12.0 Å². The summed E-state index contributed by atoms with van der Waals surface area (Å²) in [6.07, 6.45) is 0.408. The van der Waals surface area contributed by atoms with Gasteiger partial charge in [-0.05, 0) is 30.7 Å². The number of rotatable bonds is 6. The number of fused-ring (bicyclic) bond motifs is 1. The van der Waals surface area contributed by atoms with Gasteiger partial charge in [-0.3, -0.25) is 9.58 Å². The summed E-state index contributed by atoms with van der Waals surface area (Å²) in [7, 11) is 0. The van der Waals surface area contributed by atoms with Gasteiger partial charge in [0.25, 0.3) is 0 Å². The molecular weight excluding hydrogens is 479 g/mol. The van der Waals surface area contributed by atoms with Crippen LogP contribution in [0.5, 0.6) is 0 Å². The molecule has 11 heteroatoms. The number of benzene rings is 2. The first-order valence-corrected chi connectivity index (χ1v) is 11.4. The predicted octanol–water partition coefficient (Wildman–Crippen LogP) is 5.13. The molecule has 0 saturated heterocycles. The Kier molecular flexibility index (Phi) is 6.33. The molecule has 36 heavy (non-hydrogen) atoms. The highest BCUT2D eigenvalue weighted by molar-refractivity contribution is 5.59. The van der Waals surface area contributed by atoms with Crippen LogP contribution in [0.1, 0.15) is 29.8 Å². The van der Waals surface area contributed by atoms with Gasteiger partial charge in [0.15, 0.2) is 0 Å². The number of aromatic nitrogens is 5. The summed E-state index contributed by atoms with van der Waals surface area (Å²) in [6, 6.07) is 8.38. The van der Waals surface area contributed by atoms with Crippen molar-refractivity contribution in [2.24, 2.45) is 0 Å². The van der Waals surface area contributed by atoms with E-state index < -0.39 is 23.4 Å². The Hall–Kier alpha value is -3.60. The molecule has 1 aliphatic heterocycles. The van der Waals surface area contributed by atoms with E-state index in [2.05, 4.69) is 20.0 Å². The van der Waals surface area contributed by atoms with Gasteiger partial charge in [0, 0.05) is 42.9 Å². The molecule has 2 unspecified atom stereocenters. The lowest BCUT2D eigenvalue weighted by atomic mass is 9.90. The number of hydrogen-bond donors (Lipinski definition) is 0. The molecule has 6 nitrogen and oxygen atoms in total. The fourth-order valence-corrected chi connectivity index (χ4v) is 4.68. The van der Waals surface area contributed by atoms with Crippen LogP contribution < -0.4 is 0 Å². The Balaban J connectivity index is 1.38. The number of alkyl halides is 3. The van der Waals surface area contributed by atoms with Crippen LogP contribution in [0.2, 0.25) is 0 Å². The molecule has 2 atom stereocenters. The molecule has 0 fully saturated rings. The summed E-state index contributed by atoms with van der Waals surface area (Å²) in [5.41, 5.74) is 0.874. The van der Waals surface area contributed by atoms with Crippen molar-refractivity contribution in [1.82, 2.24) is 29.2 Å². The summed E-state index contributed by atoms with van der Waals surface area (Å²) in [5, 5.41) is 4.15. The van der Waals surface area contributed by atoms with Crippen molar-refractivity contribution in [3.8, 4) is 11.3 Å².